The summed E-state index contributed by atoms with van der Waals surface area (Å²) in [6, 6.07) is 0.282. The van der Waals surface area contributed by atoms with Gasteiger partial charge in [0.15, 0.2) is 0 Å². The van der Waals surface area contributed by atoms with Crippen LogP contribution in [0.25, 0.3) is 0 Å². The summed E-state index contributed by atoms with van der Waals surface area (Å²) in [7, 11) is 4.12. The topological polar surface area (TPSA) is 44.4 Å². The van der Waals surface area contributed by atoms with Crippen molar-refractivity contribution in [1.29, 1.82) is 0 Å². The van der Waals surface area contributed by atoms with Gasteiger partial charge in [0, 0.05) is 19.0 Å². The van der Waals surface area contributed by atoms with Crippen LogP contribution in [0.15, 0.2) is 0 Å². The Morgan fingerprint density at radius 3 is 2.47 bits per heavy atom. The largest absolute Gasteiger partial charge is 0.352 e. The van der Waals surface area contributed by atoms with Gasteiger partial charge >= 0.3 is 0 Å². The van der Waals surface area contributed by atoms with Gasteiger partial charge in [-0.15, -0.1) is 0 Å². The minimum Gasteiger partial charge on any atom is -0.352 e. The second kappa shape index (κ2) is 8.54. The molecular formula is C15H31N3O. The predicted molar refractivity (Wildman–Crippen MR) is 80.2 cm³/mol. The molecule has 0 radical (unpaired) electrons. The molecule has 1 atom stereocenters. The number of piperidine rings is 1. The zero-order valence-corrected chi connectivity index (χ0v) is 13.0. The van der Waals surface area contributed by atoms with Crippen molar-refractivity contribution in [3.63, 3.8) is 0 Å². The van der Waals surface area contributed by atoms with E-state index >= 15 is 0 Å². The standard InChI is InChI=1S/C15H31N3O/c1-12(2)9-14(11-18(3)4)17-15(19)10-13-5-7-16-8-6-13/h12-14,16H,5-11H2,1-4H3,(H,17,19). The Bertz CT molecular complexity index is 250. The van der Waals surface area contributed by atoms with Crippen molar-refractivity contribution in [1.82, 2.24) is 15.5 Å². The maximum atomic E-state index is 12.1. The Kier molecular flexibility index (Phi) is 7.39. The molecule has 4 nitrogen and oxygen atoms in total. The molecule has 19 heavy (non-hydrogen) atoms. The molecule has 1 unspecified atom stereocenters. The van der Waals surface area contributed by atoms with E-state index in [1.54, 1.807) is 0 Å². The summed E-state index contributed by atoms with van der Waals surface area (Å²) in [4.78, 5) is 14.3. The lowest BCUT2D eigenvalue weighted by Gasteiger charge is -2.26. The summed E-state index contributed by atoms with van der Waals surface area (Å²) < 4.78 is 0. The van der Waals surface area contributed by atoms with E-state index in [0.29, 0.717) is 18.3 Å². The zero-order chi connectivity index (χ0) is 14.3. The highest BCUT2D eigenvalue weighted by molar-refractivity contribution is 5.76. The molecule has 0 bridgehead atoms. The van der Waals surface area contributed by atoms with E-state index in [1.165, 1.54) is 0 Å². The summed E-state index contributed by atoms with van der Waals surface area (Å²) in [6.07, 6.45) is 4.02. The Balaban J connectivity index is 2.36. The summed E-state index contributed by atoms with van der Waals surface area (Å²) in [5, 5.41) is 6.57. The number of rotatable bonds is 7. The van der Waals surface area contributed by atoms with Gasteiger partial charge in [-0.1, -0.05) is 13.8 Å². The van der Waals surface area contributed by atoms with Crippen LogP contribution in [-0.2, 0) is 4.79 Å². The molecule has 0 saturated carbocycles. The van der Waals surface area contributed by atoms with Crippen LogP contribution in [0.4, 0.5) is 0 Å². The lowest BCUT2D eigenvalue weighted by atomic mass is 9.94. The second-order valence-corrected chi connectivity index (χ2v) is 6.55. The molecule has 112 valence electrons. The van der Waals surface area contributed by atoms with Crippen molar-refractivity contribution in [2.75, 3.05) is 33.7 Å². The van der Waals surface area contributed by atoms with Gasteiger partial charge in [-0.2, -0.15) is 0 Å². The van der Waals surface area contributed by atoms with Crippen molar-refractivity contribution >= 4 is 5.91 Å². The zero-order valence-electron chi connectivity index (χ0n) is 13.0. The molecule has 1 aliphatic heterocycles. The van der Waals surface area contributed by atoms with Crippen LogP contribution in [0.2, 0.25) is 0 Å². The van der Waals surface area contributed by atoms with E-state index in [0.717, 1.165) is 38.9 Å². The van der Waals surface area contributed by atoms with Gasteiger partial charge in [-0.3, -0.25) is 4.79 Å². The Morgan fingerprint density at radius 1 is 1.32 bits per heavy atom. The maximum Gasteiger partial charge on any atom is 0.220 e. The van der Waals surface area contributed by atoms with Gasteiger partial charge in [0.2, 0.25) is 5.91 Å². The van der Waals surface area contributed by atoms with Crippen LogP contribution in [0.3, 0.4) is 0 Å². The Labute approximate surface area is 118 Å². The first-order valence-electron chi connectivity index (χ1n) is 7.62. The lowest BCUT2D eigenvalue weighted by Crippen LogP contribution is -2.43. The third kappa shape index (κ3) is 7.53. The predicted octanol–water partition coefficient (Wildman–Crippen LogP) is 1.47. The first kappa shape index (κ1) is 16.4. The molecule has 4 heteroatoms. The van der Waals surface area contributed by atoms with Gasteiger partial charge in [0.25, 0.3) is 0 Å². The number of hydrogen-bond acceptors (Lipinski definition) is 3. The van der Waals surface area contributed by atoms with Crippen LogP contribution in [0, 0.1) is 11.8 Å². The summed E-state index contributed by atoms with van der Waals surface area (Å²) >= 11 is 0. The molecule has 0 aromatic rings. The van der Waals surface area contributed by atoms with Gasteiger partial charge in [0.05, 0.1) is 0 Å². The first-order chi connectivity index (χ1) is 8.97. The molecular weight excluding hydrogens is 238 g/mol. The highest BCUT2D eigenvalue weighted by Gasteiger charge is 2.19. The van der Waals surface area contributed by atoms with E-state index in [4.69, 9.17) is 0 Å². The van der Waals surface area contributed by atoms with Crippen LogP contribution in [0.5, 0.6) is 0 Å². The van der Waals surface area contributed by atoms with Crippen LogP contribution >= 0.6 is 0 Å². The Morgan fingerprint density at radius 2 is 1.95 bits per heavy atom. The lowest BCUT2D eigenvalue weighted by molar-refractivity contribution is -0.123. The first-order valence-corrected chi connectivity index (χ1v) is 7.62. The smallest absolute Gasteiger partial charge is 0.220 e. The van der Waals surface area contributed by atoms with E-state index in [1.807, 2.05) is 0 Å². The number of nitrogens with zero attached hydrogens (tertiary/aromatic N) is 1. The molecule has 1 fully saturated rings. The Hall–Kier alpha value is -0.610. The molecule has 0 aliphatic carbocycles. The summed E-state index contributed by atoms with van der Waals surface area (Å²) in [5.74, 6) is 1.42. The SMILES string of the molecule is CC(C)CC(CN(C)C)NC(=O)CC1CCNCC1. The third-order valence-corrected chi connectivity index (χ3v) is 3.64. The van der Waals surface area contributed by atoms with Crippen LogP contribution in [0.1, 0.15) is 39.5 Å². The van der Waals surface area contributed by atoms with Crippen LogP contribution < -0.4 is 10.6 Å². The van der Waals surface area contributed by atoms with Crippen molar-refractivity contribution in [2.24, 2.45) is 11.8 Å². The highest BCUT2D eigenvalue weighted by atomic mass is 16.1. The molecule has 0 aromatic carbocycles. The van der Waals surface area contributed by atoms with E-state index in [-0.39, 0.29) is 11.9 Å². The third-order valence-electron chi connectivity index (χ3n) is 3.64. The van der Waals surface area contributed by atoms with E-state index < -0.39 is 0 Å². The number of carbonyl (C=O) groups is 1. The van der Waals surface area contributed by atoms with Crippen molar-refractivity contribution in [3.8, 4) is 0 Å². The fraction of sp³-hybridized carbons (Fsp3) is 0.933. The second-order valence-electron chi connectivity index (χ2n) is 6.55. The average molecular weight is 269 g/mol. The monoisotopic (exact) mass is 269 g/mol. The molecule has 0 spiro atoms. The van der Waals surface area contributed by atoms with Gasteiger partial charge < -0.3 is 15.5 Å². The fourth-order valence-electron chi connectivity index (χ4n) is 2.82. The van der Waals surface area contributed by atoms with Crippen molar-refractivity contribution < 1.29 is 4.79 Å². The molecule has 1 aliphatic rings. The molecule has 1 rings (SSSR count). The molecule has 1 amide bonds. The number of hydrogen-bond donors (Lipinski definition) is 2. The molecule has 1 saturated heterocycles. The van der Waals surface area contributed by atoms with Crippen molar-refractivity contribution in [2.45, 2.75) is 45.6 Å². The number of likely N-dealkylation sites (N-methyl/N-ethyl adjacent to an activating group) is 1. The normalized spacial score (nSPS) is 18.8. The van der Waals surface area contributed by atoms with E-state index in [9.17, 15) is 4.79 Å². The molecule has 2 N–H and O–H groups in total. The average Bonchev–Trinajstić information content (AvgIpc) is 2.27. The molecule has 1 heterocycles. The highest BCUT2D eigenvalue weighted by Crippen LogP contribution is 2.16. The van der Waals surface area contributed by atoms with Gasteiger partial charge in [-0.25, -0.2) is 0 Å². The summed E-state index contributed by atoms with van der Waals surface area (Å²) in [5.41, 5.74) is 0. The minimum absolute atomic E-state index is 0.236. The maximum absolute atomic E-state index is 12.1. The fourth-order valence-corrected chi connectivity index (χ4v) is 2.82. The number of amides is 1. The van der Waals surface area contributed by atoms with Crippen molar-refractivity contribution in [3.05, 3.63) is 0 Å². The number of carbonyl (C=O) groups excluding carboxylic acids is 1. The van der Waals surface area contributed by atoms with E-state index in [2.05, 4.69) is 43.5 Å². The summed E-state index contributed by atoms with van der Waals surface area (Å²) in [6.45, 7) is 7.47. The van der Waals surface area contributed by atoms with Gasteiger partial charge in [0.1, 0.15) is 0 Å². The quantitative estimate of drug-likeness (QED) is 0.735. The van der Waals surface area contributed by atoms with Gasteiger partial charge in [-0.05, 0) is 58.3 Å². The minimum atomic E-state index is 0.236. The van der Waals surface area contributed by atoms with Crippen LogP contribution in [-0.4, -0.2) is 50.6 Å². The number of nitrogens with one attached hydrogen (secondary N) is 2. The molecule has 0 aromatic heterocycles.